The highest BCUT2D eigenvalue weighted by Crippen LogP contribution is 2.40. The van der Waals surface area contributed by atoms with E-state index in [4.69, 9.17) is 9.47 Å². The minimum Gasteiger partial charge on any atom is -0.496 e. The lowest BCUT2D eigenvalue weighted by Crippen LogP contribution is -2.40. The molecule has 1 aliphatic rings. The molecule has 0 bridgehead atoms. The highest BCUT2D eigenvalue weighted by Gasteiger charge is 2.36. The number of rotatable bonds is 5. The van der Waals surface area contributed by atoms with Crippen LogP contribution < -0.4 is 19.6 Å². The summed E-state index contributed by atoms with van der Waals surface area (Å²) in [5, 5.41) is 1.87. The molecule has 1 aromatic heterocycles. The number of carbonyl (C=O) groups is 1. The number of benzene rings is 3. The zero-order valence-corrected chi connectivity index (χ0v) is 21.4. The van der Waals surface area contributed by atoms with E-state index in [1.807, 2.05) is 73.7 Å². The first-order chi connectivity index (χ1) is 17.4. The van der Waals surface area contributed by atoms with Crippen LogP contribution in [0.25, 0.3) is 16.8 Å². The number of aromatic nitrogens is 1. The molecule has 2 heterocycles. The summed E-state index contributed by atoms with van der Waals surface area (Å²) in [6.07, 6.45) is 1.87. The molecule has 1 aliphatic heterocycles. The number of methoxy groups -OCH3 is 1. The van der Waals surface area contributed by atoms with Gasteiger partial charge in [-0.25, -0.2) is 9.79 Å². The molecule has 0 aliphatic carbocycles. The Morgan fingerprint density at radius 1 is 1.08 bits per heavy atom. The van der Waals surface area contributed by atoms with Gasteiger partial charge in [0.1, 0.15) is 11.8 Å². The molecular weight excluding hydrogens is 472 g/mol. The van der Waals surface area contributed by atoms with Crippen molar-refractivity contribution in [2.75, 3.05) is 13.7 Å². The van der Waals surface area contributed by atoms with Gasteiger partial charge >= 0.3 is 5.97 Å². The number of aryl methyl sites for hydroxylation is 1. The summed E-state index contributed by atoms with van der Waals surface area (Å²) in [6.45, 7) is 5.79. The molecule has 0 N–H and O–H groups in total. The molecule has 6 nitrogen and oxygen atoms in total. The number of thiazole rings is 1. The Labute approximate surface area is 212 Å². The Morgan fingerprint density at radius 3 is 2.56 bits per heavy atom. The van der Waals surface area contributed by atoms with Crippen molar-refractivity contribution >= 4 is 34.2 Å². The third-order valence-corrected chi connectivity index (χ3v) is 7.30. The van der Waals surface area contributed by atoms with Crippen LogP contribution in [-0.4, -0.2) is 24.3 Å². The monoisotopic (exact) mass is 498 g/mol. The Hall–Kier alpha value is -3.97. The zero-order chi connectivity index (χ0) is 25.4. The lowest BCUT2D eigenvalue weighted by Gasteiger charge is -2.27. The second-order valence-corrected chi connectivity index (χ2v) is 9.62. The Kier molecular flexibility index (Phi) is 6.33. The molecule has 1 atom stereocenters. The minimum absolute atomic E-state index is 0.214. The van der Waals surface area contributed by atoms with Gasteiger partial charge in [-0.1, -0.05) is 71.5 Å². The summed E-state index contributed by atoms with van der Waals surface area (Å²) in [7, 11) is 1.59. The first kappa shape index (κ1) is 23.8. The Morgan fingerprint density at radius 2 is 1.83 bits per heavy atom. The maximum absolute atomic E-state index is 13.9. The van der Waals surface area contributed by atoms with E-state index in [0.29, 0.717) is 26.4 Å². The van der Waals surface area contributed by atoms with Crippen LogP contribution in [0.1, 0.15) is 36.6 Å². The van der Waals surface area contributed by atoms with Crippen molar-refractivity contribution in [3.63, 3.8) is 0 Å². The van der Waals surface area contributed by atoms with Gasteiger partial charge in [0.05, 0.1) is 29.5 Å². The fourth-order valence-electron chi connectivity index (χ4n) is 4.61. The average molecular weight is 499 g/mol. The molecule has 0 radical (unpaired) electrons. The van der Waals surface area contributed by atoms with Crippen molar-refractivity contribution in [1.29, 1.82) is 0 Å². The standard InChI is InChI=1S/C29H26N2O4S/c1-5-35-28(33)24-18(3)30-29-31(27(32)23(36-29)16-19-12-10-17(2)11-13-19)26(24)25-21-9-7-6-8-20(21)14-15-22(25)34-4/h6-16,26H,5H2,1-4H3/b23-16-/t26-/m1/s1. The summed E-state index contributed by atoms with van der Waals surface area (Å²) in [4.78, 5) is 32.4. The average Bonchev–Trinajstić information content (AvgIpc) is 3.18. The zero-order valence-electron chi connectivity index (χ0n) is 20.6. The summed E-state index contributed by atoms with van der Waals surface area (Å²) in [6, 6.07) is 18.9. The molecule has 3 aromatic carbocycles. The predicted octanol–water partition coefficient (Wildman–Crippen LogP) is 4.27. The third-order valence-electron chi connectivity index (χ3n) is 6.32. The number of nitrogens with zero attached hydrogens (tertiary/aromatic N) is 2. The highest BCUT2D eigenvalue weighted by atomic mass is 32.1. The van der Waals surface area contributed by atoms with Crippen LogP contribution in [0.3, 0.4) is 0 Å². The van der Waals surface area contributed by atoms with E-state index < -0.39 is 12.0 Å². The van der Waals surface area contributed by atoms with E-state index in [2.05, 4.69) is 4.99 Å². The molecule has 0 saturated carbocycles. The Bertz CT molecular complexity index is 1690. The van der Waals surface area contributed by atoms with Crippen molar-refractivity contribution in [3.05, 3.63) is 108 Å². The topological polar surface area (TPSA) is 69.9 Å². The van der Waals surface area contributed by atoms with Crippen LogP contribution in [0.5, 0.6) is 5.75 Å². The van der Waals surface area contributed by atoms with Crippen LogP contribution in [0, 0.1) is 6.92 Å². The number of esters is 1. The second kappa shape index (κ2) is 9.59. The molecule has 0 saturated heterocycles. The van der Waals surface area contributed by atoms with Crippen LogP contribution in [0.4, 0.5) is 0 Å². The largest absolute Gasteiger partial charge is 0.496 e. The van der Waals surface area contributed by atoms with E-state index in [9.17, 15) is 9.59 Å². The van der Waals surface area contributed by atoms with E-state index >= 15 is 0 Å². The van der Waals surface area contributed by atoms with Crippen LogP contribution in [0.2, 0.25) is 0 Å². The first-order valence-electron chi connectivity index (χ1n) is 11.7. The summed E-state index contributed by atoms with van der Waals surface area (Å²) in [5.41, 5.74) is 3.44. The number of hydrogen-bond donors (Lipinski definition) is 0. The van der Waals surface area contributed by atoms with Gasteiger partial charge in [-0.2, -0.15) is 0 Å². The van der Waals surface area contributed by atoms with Crippen LogP contribution in [0.15, 0.2) is 81.7 Å². The molecule has 0 spiro atoms. The predicted molar refractivity (Wildman–Crippen MR) is 142 cm³/mol. The quantitative estimate of drug-likeness (QED) is 0.386. The molecule has 36 heavy (non-hydrogen) atoms. The lowest BCUT2D eigenvalue weighted by molar-refractivity contribution is -0.139. The molecule has 182 valence electrons. The number of hydrogen-bond acceptors (Lipinski definition) is 6. The lowest BCUT2D eigenvalue weighted by atomic mass is 9.90. The molecular formula is C29H26N2O4S. The van der Waals surface area contributed by atoms with Crippen molar-refractivity contribution < 1.29 is 14.3 Å². The Balaban J connectivity index is 1.84. The summed E-state index contributed by atoms with van der Waals surface area (Å²) >= 11 is 1.31. The molecule has 0 amide bonds. The molecule has 7 heteroatoms. The van der Waals surface area contributed by atoms with Crippen LogP contribution in [-0.2, 0) is 9.53 Å². The highest BCUT2D eigenvalue weighted by molar-refractivity contribution is 7.07. The maximum atomic E-state index is 13.9. The van der Waals surface area contributed by atoms with Gasteiger partial charge in [0.2, 0.25) is 0 Å². The second-order valence-electron chi connectivity index (χ2n) is 8.62. The third kappa shape index (κ3) is 4.05. The van der Waals surface area contributed by atoms with Crippen molar-refractivity contribution in [2.24, 2.45) is 4.99 Å². The fourth-order valence-corrected chi connectivity index (χ4v) is 5.66. The van der Waals surface area contributed by atoms with Gasteiger partial charge in [0.25, 0.3) is 5.56 Å². The number of allylic oxidation sites excluding steroid dienone is 1. The number of ether oxygens (including phenoxy) is 2. The van der Waals surface area contributed by atoms with Crippen LogP contribution >= 0.6 is 11.3 Å². The smallest absolute Gasteiger partial charge is 0.338 e. The van der Waals surface area contributed by atoms with Gasteiger partial charge < -0.3 is 9.47 Å². The van der Waals surface area contributed by atoms with Crippen molar-refractivity contribution in [1.82, 2.24) is 4.57 Å². The fraction of sp³-hybridized carbons (Fsp3) is 0.207. The van der Waals surface area contributed by atoms with Gasteiger partial charge in [-0.15, -0.1) is 0 Å². The molecule has 5 rings (SSSR count). The van der Waals surface area contributed by atoms with E-state index in [-0.39, 0.29) is 12.2 Å². The van der Waals surface area contributed by atoms with Gasteiger partial charge in [0.15, 0.2) is 4.80 Å². The normalized spacial score (nSPS) is 15.6. The van der Waals surface area contributed by atoms with Crippen molar-refractivity contribution in [3.8, 4) is 5.75 Å². The summed E-state index contributed by atoms with van der Waals surface area (Å²) < 4.78 is 13.4. The van der Waals surface area contributed by atoms with Gasteiger partial charge in [0, 0.05) is 5.56 Å². The van der Waals surface area contributed by atoms with Crippen molar-refractivity contribution in [2.45, 2.75) is 26.8 Å². The summed E-state index contributed by atoms with van der Waals surface area (Å²) in [5.74, 6) is 0.0925. The van der Waals surface area contributed by atoms with Gasteiger partial charge in [-0.05, 0) is 49.2 Å². The SMILES string of the molecule is CCOC(=O)C1=C(C)N=c2s/c(=C\c3ccc(C)cc3)c(=O)n2[C@H]1c1c(OC)ccc2ccccc12. The molecule has 4 aromatic rings. The molecule has 0 fully saturated rings. The maximum Gasteiger partial charge on any atom is 0.338 e. The molecule has 0 unspecified atom stereocenters. The number of fused-ring (bicyclic) bond motifs is 2. The van der Waals surface area contributed by atoms with E-state index in [0.717, 1.165) is 27.5 Å². The van der Waals surface area contributed by atoms with E-state index in [1.54, 1.807) is 25.5 Å². The number of carbonyl (C=O) groups excluding carboxylic acids is 1. The minimum atomic E-state index is -0.749. The van der Waals surface area contributed by atoms with E-state index in [1.165, 1.54) is 11.3 Å². The first-order valence-corrected chi connectivity index (χ1v) is 12.6. The van der Waals surface area contributed by atoms with Gasteiger partial charge in [-0.3, -0.25) is 9.36 Å².